The minimum atomic E-state index is -0.340. The molecular weight excluding hydrogens is 534 g/mol. The zero-order valence-corrected chi connectivity index (χ0v) is 21.9. The Morgan fingerprint density at radius 1 is 1.38 bits per heavy atom. The van der Waals surface area contributed by atoms with E-state index in [-0.39, 0.29) is 17.8 Å². The van der Waals surface area contributed by atoms with Gasteiger partial charge in [0.25, 0.3) is 0 Å². The number of rotatable bonds is 9. The number of halogens is 1. The zero-order chi connectivity index (χ0) is 24.1. The van der Waals surface area contributed by atoms with Crippen LogP contribution in [0.1, 0.15) is 47.7 Å². The lowest BCUT2D eigenvalue weighted by Gasteiger charge is -2.15. The number of thioether (sulfide) groups is 1. The fraction of sp³-hybridized carbons (Fsp3) is 0.333. The first kappa shape index (κ1) is 24.5. The molecule has 3 aromatic rings. The molecular formula is C24H24BrN5O2S2. The first-order valence-electron chi connectivity index (χ1n) is 10.9. The number of hydrogen-bond donors (Lipinski definition) is 1. The number of hydrogen-bond acceptors (Lipinski definition) is 7. The number of carbonyl (C=O) groups excluding carboxylic acids is 1. The van der Waals surface area contributed by atoms with Gasteiger partial charge in [0.1, 0.15) is 16.8 Å². The number of nitrogens with zero attached hydrogens (tertiary/aromatic N) is 4. The molecule has 0 bridgehead atoms. The molecule has 0 radical (unpaired) electrons. The van der Waals surface area contributed by atoms with Gasteiger partial charge in [-0.2, -0.15) is 5.26 Å². The molecule has 1 aliphatic rings. The van der Waals surface area contributed by atoms with Gasteiger partial charge in [0, 0.05) is 15.9 Å². The Hall–Kier alpha value is -2.61. The number of carbonyl (C=O) groups is 1. The van der Waals surface area contributed by atoms with E-state index in [2.05, 4.69) is 44.1 Å². The smallest absolute Gasteiger partial charge is 0.235 e. The largest absolute Gasteiger partial charge is 0.483 e. The predicted octanol–water partition coefficient (Wildman–Crippen LogP) is 5.91. The Balaban J connectivity index is 1.43. The molecule has 7 nitrogen and oxygen atoms in total. The van der Waals surface area contributed by atoms with Crippen LogP contribution in [0.5, 0.6) is 5.75 Å². The number of nitriles is 1. The van der Waals surface area contributed by atoms with Gasteiger partial charge in [-0.3, -0.25) is 9.36 Å². The molecule has 0 aliphatic heterocycles. The third-order valence-electron chi connectivity index (χ3n) is 5.42. The highest BCUT2D eigenvalue weighted by Gasteiger charge is 2.23. The van der Waals surface area contributed by atoms with Crippen LogP contribution in [0.4, 0.5) is 5.00 Å². The van der Waals surface area contributed by atoms with Crippen molar-refractivity contribution in [2.45, 2.75) is 50.4 Å². The van der Waals surface area contributed by atoms with E-state index in [1.807, 2.05) is 35.8 Å². The molecule has 1 aromatic carbocycles. The van der Waals surface area contributed by atoms with Crippen LogP contribution in [-0.2, 0) is 24.2 Å². The first-order valence-corrected chi connectivity index (χ1v) is 13.5. The summed E-state index contributed by atoms with van der Waals surface area (Å²) in [6.07, 6.45) is 5.53. The first-order chi connectivity index (χ1) is 16.5. The lowest BCUT2D eigenvalue weighted by atomic mass is 9.96. The van der Waals surface area contributed by atoms with E-state index in [9.17, 15) is 10.1 Å². The highest BCUT2D eigenvalue weighted by molar-refractivity contribution is 9.10. The quantitative estimate of drug-likeness (QED) is 0.259. The highest BCUT2D eigenvalue weighted by Crippen LogP contribution is 2.37. The average Bonchev–Trinajstić information content (AvgIpc) is 3.39. The second-order valence-electron chi connectivity index (χ2n) is 7.82. The van der Waals surface area contributed by atoms with E-state index < -0.39 is 0 Å². The number of aryl methyl sites for hydroxylation is 1. The summed E-state index contributed by atoms with van der Waals surface area (Å²) in [7, 11) is 0. The molecule has 4 rings (SSSR count). The van der Waals surface area contributed by atoms with Gasteiger partial charge in [-0.25, -0.2) is 0 Å². The Morgan fingerprint density at radius 3 is 2.88 bits per heavy atom. The Bertz CT molecular complexity index is 1230. The molecule has 2 aromatic heterocycles. The van der Waals surface area contributed by atoms with E-state index >= 15 is 0 Å². The molecule has 176 valence electrons. The summed E-state index contributed by atoms with van der Waals surface area (Å²) in [5.41, 5.74) is 1.73. The van der Waals surface area contributed by atoms with Crippen molar-refractivity contribution >= 4 is 49.9 Å². The van der Waals surface area contributed by atoms with Crippen molar-refractivity contribution in [1.82, 2.24) is 14.8 Å². The maximum Gasteiger partial charge on any atom is 0.235 e. The zero-order valence-electron chi connectivity index (χ0n) is 18.7. The van der Waals surface area contributed by atoms with Crippen molar-refractivity contribution in [3.63, 3.8) is 0 Å². The number of allylic oxidation sites excluding steroid dienone is 1. The van der Waals surface area contributed by atoms with Crippen LogP contribution in [0.15, 0.2) is 46.5 Å². The summed E-state index contributed by atoms with van der Waals surface area (Å²) in [5, 5.41) is 22.4. The van der Waals surface area contributed by atoms with Crippen molar-refractivity contribution in [2.24, 2.45) is 0 Å². The summed E-state index contributed by atoms with van der Waals surface area (Å²) in [6, 6.07) is 9.88. The molecule has 1 atom stereocenters. The van der Waals surface area contributed by atoms with E-state index in [1.165, 1.54) is 28.0 Å². The van der Waals surface area contributed by atoms with Gasteiger partial charge >= 0.3 is 0 Å². The van der Waals surface area contributed by atoms with Gasteiger partial charge in [0.05, 0.1) is 11.3 Å². The molecule has 0 saturated carbocycles. The second-order valence-corrected chi connectivity index (χ2v) is 10.8. The third kappa shape index (κ3) is 5.54. The minimum absolute atomic E-state index is 0.157. The highest BCUT2D eigenvalue weighted by atomic mass is 79.9. The van der Waals surface area contributed by atoms with Gasteiger partial charge in [0.15, 0.2) is 17.1 Å². The Labute approximate surface area is 215 Å². The van der Waals surface area contributed by atoms with Crippen LogP contribution in [0.3, 0.4) is 0 Å². The van der Waals surface area contributed by atoms with Crippen LogP contribution < -0.4 is 10.1 Å². The Kier molecular flexibility index (Phi) is 8.08. The van der Waals surface area contributed by atoms with Crippen LogP contribution in [-0.4, -0.2) is 26.4 Å². The lowest BCUT2D eigenvalue weighted by molar-refractivity contribution is -0.113. The van der Waals surface area contributed by atoms with Gasteiger partial charge < -0.3 is 10.1 Å². The average molecular weight is 559 g/mol. The lowest BCUT2D eigenvalue weighted by Crippen LogP contribution is -2.15. The van der Waals surface area contributed by atoms with Gasteiger partial charge in [-0.05, 0) is 62.4 Å². The molecule has 1 amide bonds. The molecule has 0 saturated heterocycles. The van der Waals surface area contributed by atoms with E-state index in [1.54, 1.807) is 6.08 Å². The number of nitrogens with one attached hydrogen (secondary N) is 1. The van der Waals surface area contributed by atoms with Gasteiger partial charge in [0.2, 0.25) is 5.91 Å². The topological polar surface area (TPSA) is 92.8 Å². The van der Waals surface area contributed by atoms with Crippen LogP contribution in [0.2, 0.25) is 0 Å². The molecule has 0 fully saturated rings. The number of ether oxygens (including phenoxy) is 1. The minimum Gasteiger partial charge on any atom is -0.483 e. The summed E-state index contributed by atoms with van der Waals surface area (Å²) < 4.78 is 8.91. The molecule has 1 N–H and O–H groups in total. The maximum atomic E-state index is 12.7. The summed E-state index contributed by atoms with van der Waals surface area (Å²) in [6.45, 7) is 6.24. The van der Waals surface area contributed by atoms with Crippen LogP contribution >= 0.6 is 39.0 Å². The predicted molar refractivity (Wildman–Crippen MR) is 138 cm³/mol. The SMILES string of the molecule is C=CCn1c(SCC(=O)Nc2sc3c(c2C#N)CCCC3)nnc1C(C)Oc1ccc(Br)cc1. The van der Waals surface area contributed by atoms with Crippen molar-refractivity contribution < 1.29 is 9.53 Å². The third-order valence-corrected chi connectivity index (χ3v) is 8.12. The van der Waals surface area contributed by atoms with Crippen molar-refractivity contribution in [3.8, 4) is 11.8 Å². The summed E-state index contributed by atoms with van der Waals surface area (Å²) >= 11 is 6.25. The van der Waals surface area contributed by atoms with Crippen molar-refractivity contribution in [1.29, 1.82) is 5.26 Å². The van der Waals surface area contributed by atoms with Crippen molar-refractivity contribution in [3.05, 3.63) is 63.2 Å². The molecule has 2 heterocycles. The summed E-state index contributed by atoms with van der Waals surface area (Å²) in [4.78, 5) is 13.9. The number of thiophene rings is 1. The number of benzene rings is 1. The molecule has 0 spiro atoms. The molecule has 1 aliphatic carbocycles. The maximum absolute atomic E-state index is 12.7. The number of anilines is 1. The summed E-state index contributed by atoms with van der Waals surface area (Å²) in [5.74, 6) is 1.37. The van der Waals surface area contributed by atoms with Gasteiger partial charge in [-0.1, -0.05) is 33.8 Å². The van der Waals surface area contributed by atoms with E-state index in [0.29, 0.717) is 28.1 Å². The fourth-order valence-electron chi connectivity index (χ4n) is 3.84. The Morgan fingerprint density at radius 2 is 2.15 bits per heavy atom. The van der Waals surface area contributed by atoms with Gasteiger partial charge in [-0.15, -0.1) is 28.1 Å². The van der Waals surface area contributed by atoms with Crippen molar-refractivity contribution in [2.75, 3.05) is 11.1 Å². The number of aromatic nitrogens is 3. The van der Waals surface area contributed by atoms with Crippen LogP contribution in [0.25, 0.3) is 0 Å². The normalized spacial score (nSPS) is 13.6. The number of amides is 1. The standard InChI is InChI=1S/C24H24BrN5O2S2/c1-3-12-30-22(15(2)32-17-10-8-16(25)9-11-17)28-29-24(30)33-14-21(31)27-23-19(13-26)18-6-4-5-7-20(18)34-23/h3,8-11,15H,1,4-7,12,14H2,2H3,(H,27,31). The van der Waals surface area contributed by atoms with E-state index in [0.717, 1.165) is 41.5 Å². The fourth-order valence-corrected chi connectivity index (χ4v) is 6.12. The molecule has 34 heavy (non-hydrogen) atoms. The second kappa shape index (κ2) is 11.2. The molecule has 10 heteroatoms. The monoisotopic (exact) mass is 557 g/mol. The number of fused-ring (bicyclic) bond motifs is 1. The van der Waals surface area contributed by atoms with Crippen LogP contribution in [0, 0.1) is 11.3 Å². The molecule has 1 unspecified atom stereocenters. The van der Waals surface area contributed by atoms with E-state index in [4.69, 9.17) is 4.74 Å².